The van der Waals surface area contributed by atoms with Crippen LogP contribution in [0.1, 0.15) is 17.7 Å². The Bertz CT molecular complexity index is 510. The Kier molecular flexibility index (Phi) is 1.86. The lowest BCUT2D eigenvalue weighted by molar-refractivity contribution is 0.480. The molecule has 1 aliphatic rings. The third kappa shape index (κ3) is 1.29. The van der Waals surface area contributed by atoms with Crippen LogP contribution >= 0.6 is 0 Å². The van der Waals surface area contributed by atoms with E-state index in [-0.39, 0.29) is 0 Å². The fourth-order valence-electron chi connectivity index (χ4n) is 2.59. The zero-order chi connectivity index (χ0) is 10.4. The molecule has 2 heterocycles. The predicted octanol–water partition coefficient (Wildman–Crippen LogP) is 2.22. The Labute approximate surface area is 89.7 Å². The summed E-state index contributed by atoms with van der Waals surface area (Å²) in [5, 5.41) is 1.39. The van der Waals surface area contributed by atoms with Crippen LogP contribution in [0.2, 0.25) is 0 Å². The first-order valence-electron chi connectivity index (χ1n) is 5.59. The van der Waals surface area contributed by atoms with Crippen LogP contribution in [0.3, 0.4) is 0 Å². The van der Waals surface area contributed by atoms with E-state index < -0.39 is 0 Å². The van der Waals surface area contributed by atoms with Crippen LogP contribution in [0, 0.1) is 6.92 Å². The van der Waals surface area contributed by atoms with Crippen LogP contribution in [-0.4, -0.2) is 10.6 Å². The van der Waals surface area contributed by atoms with Crippen molar-refractivity contribution in [1.82, 2.24) is 4.57 Å². The normalized spacial score (nSPS) is 20.5. The van der Waals surface area contributed by atoms with Gasteiger partial charge >= 0.3 is 0 Å². The number of aromatic nitrogens is 1. The van der Waals surface area contributed by atoms with E-state index in [4.69, 9.17) is 5.73 Å². The lowest BCUT2D eigenvalue weighted by Crippen LogP contribution is -2.30. The molecular weight excluding hydrogens is 184 g/mol. The van der Waals surface area contributed by atoms with Crippen molar-refractivity contribution in [3.63, 3.8) is 0 Å². The van der Waals surface area contributed by atoms with Crippen molar-refractivity contribution < 1.29 is 0 Å². The number of hydrogen-bond acceptors (Lipinski definition) is 1. The van der Waals surface area contributed by atoms with E-state index in [2.05, 4.69) is 35.8 Å². The van der Waals surface area contributed by atoms with Crippen molar-refractivity contribution >= 4 is 10.9 Å². The first kappa shape index (κ1) is 8.98. The Morgan fingerprint density at radius 1 is 1.40 bits per heavy atom. The minimum Gasteiger partial charge on any atom is -0.344 e. The maximum absolute atomic E-state index is 6.00. The van der Waals surface area contributed by atoms with Gasteiger partial charge in [0.05, 0.1) is 0 Å². The quantitative estimate of drug-likeness (QED) is 0.694. The number of nitrogens with two attached hydrogens (primary N) is 1. The Hall–Kier alpha value is -1.28. The number of benzene rings is 1. The summed E-state index contributed by atoms with van der Waals surface area (Å²) in [5.74, 6) is 0. The van der Waals surface area contributed by atoms with Gasteiger partial charge < -0.3 is 10.3 Å². The highest BCUT2D eigenvalue weighted by molar-refractivity contribution is 5.84. The van der Waals surface area contributed by atoms with Gasteiger partial charge in [-0.05, 0) is 31.0 Å². The fourth-order valence-corrected chi connectivity index (χ4v) is 2.59. The molecule has 0 radical (unpaired) electrons. The summed E-state index contributed by atoms with van der Waals surface area (Å²) < 4.78 is 2.42. The summed E-state index contributed by atoms with van der Waals surface area (Å²) in [5.41, 5.74) is 10.1. The SMILES string of the molecule is Cc1cccc2c1cc1n2CCC(N)C1. The third-order valence-electron chi connectivity index (χ3n) is 3.44. The van der Waals surface area contributed by atoms with Crippen LogP contribution < -0.4 is 5.73 Å². The first-order chi connectivity index (χ1) is 7.25. The van der Waals surface area contributed by atoms with Gasteiger partial charge in [-0.15, -0.1) is 0 Å². The number of nitrogens with zero attached hydrogens (tertiary/aromatic N) is 1. The minimum absolute atomic E-state index is 0.349. The molecule has 0 saturated heterocycles. The molecule has 0 bridgehead atoms. The highest BCUT2D eigenvalue weighted by Crippen LogP contribution is 2.26. The fraction of sp³-hybridized carbons (Fsp3) is 0.385. The second-order valence-electron chi connectivity index (χ2n) is 4.55. The minimum atomic E-state index is 0.349. The molecule has 2 aromatic rings. The molecule has 1 aliphatic heterocycles. The molecule has 1 atom stereocenters. The van der Waals surface area contributed by atoms with Crippen LogP contribution in [-0.2, 0) is 13.0 Å². The van der Waals surface area contributed by atoms with Crippen molar-refractivity contribution in [2.24, 2.45) is 5.73 Å². The molecule has 1 unspecified atom stereocenters. The molecule has 1 aromatic heterocycles. The molecule has 2 heteroatoms. The van der Waals surface area contributed by atoms with Gasteiger partial charge in [0.2, 0.25) is 0 Å². The van der Waals surface area contributed by atoms with E-state index in [0.29, 0.717) is 6.04 Å². The van der Waals surface area contributed by atoms with Crippen molar-refractivity contribution in [2.45, 2.75) is 32.4 Å². The van der Waals surface area contributed by atoms with E-state index in [1.54, 1.807) is 0 Å². The van der Waals surface area contributed by atoms with Crippen LogP contribution in [0.25, 0.3) is 10.9 Å². The zero-order valence-electron chi connectivity index (χ0n) is 9.03. The van der Waals surface area contributed by atoms with Gasteiger partial charge in [0.1, 0.15) is 0 Å². The largest absolute Gasteiger partial charge is 0.344 e. The smallest absolute Gasteiger partial charge is 0.0485 e. The molecule has 0 spiro atoms. The van der Waals surface area contributed by atoms with Crippen LogP contribution in [0.5, 0.6) is 0 Å². The summed E-state index contributed by atoms with van der Waals surface area (Å²) in [6.07, 6.45) is 2.12. The third-order valence-corrected chi connectivity index (χ3v) is 3.44. The Morgan fingerprint density at radius 2 is 2.27 bits per heavy atom. The van der Waals surface area contributed by atoms with Gasteiger partial charge in [-0.2, -0.15) is 0 Å². The van der Waals surface area contributed by atoms with E-state index in [1.807, 2.05) is 0 Å². The summed E-state index contributed by atoms with van der Waals surface area (Å²) in [6, 6.07) is 9.18. The molecular formula is C13H16N2. The maximum atomic E-state index is 6.00. The van der Waals surface area contributed by atoms with Gasteiger partial charge in [0.15, 0.2) is 0 Å². The summed E-state index contributed by atoms with van der Waals surface area (Å²) in [6.45, 7) is 3.25. The Balaban J connectivity index is 2.27. The van der Waals surface area contributed by atoms with Crippen molar-refractivity contribution in [3.05, 3.63) is 35.5 Å². The summed E-state index contributed by atoms with van der Waals surface area (Å²) >= 11 is 0. The standard InChI is InChI=1S/C13H16N2/c1-9-3-2-4-13-12(9)8-11-7-10(14)5-6-15(11)13/h2-4,8,10H,5-7,14H2,1H3. The molecule has 15 heavy (non-hydrogen) atoms. The molecule has 0 aliphatic carbocycles. The van der Waals surface area contributed by atoms with Crippen LogP contribution in [0.15, 0.2) is 24.3 Å². The second kappa shape index (κ2) is 3.11. The van der Waals surface area contributed by atoms with Gasteiger partial charge in [-0.25, -0.2) is 0 Å². The first-order valence-corrected chi connectivity index (χ1v) is 5.59. The number of aryl methyl sites for hydroxylation is 2. The molecule has 2 N–H and O–H groups in total. The molecule has 78 valence electrons. The Morgan fingerprint density at radius 3 is 3.13 bits per heavy atom. The number of hydrogen-bond donors (Lipinski definition) is 1. The van der Waals surface area contributed by atoms with Crippen molar-refractivity contribution in [1.29, 1.82) is 0 Å². The zero-order valence-corrected chi connectivity index (χ0v) is 9.03. The molecule has 2 nitrogen and oxygen atoms in total. The highest BCUT2D eigenvalue weighted by atomic mass is 15.0. The van der Waals surface area contributed by atoms with Crippen molar-refractivity contribution in [2.75, 3.05) is 0 Å². The van der Waals surface area contributed by atoms with Gasteiger partial charge in [0, 0.05) is 35.6 Å². The van der Waals surface area contributed by atoms with Gasteiger partial charge in [0.25, 0.3) is 0 Å². The monoisotopic (exact) mass is 200 g/mol. The average Bonchev–Trinajstić information content (AvgIpc) is 2.57. The van der Waals surface area contributed by atoms with E-state index in [1.165, 1.54) is 22.2 Å². The van der Waals surface area contributed by atoms with Gasteiger partial charge in [-0.3, -0.25) is 0 Å². The number of fused-ring (bicyclic) bond motifs is 3. The maximum Gasteiger partial charge on any atom is 0.0485 e. The topological polar surface area (TPSA) is 30.9 Å². The van der Waals surface area contributed by atoms with E-state index in [9.17, 15) is 0 Å². The molecule has 0 amide bonds. The van der Waals surface area contributed by atoms with E-state index in [0.717, 1.165) is 19.4 Å². The predicted molar refractivity (Wildman–Crippen MR) is 63.0 cm³/mol. The summed E-state index contributed by atoms with van der Waals surface area (Å²) in [4.78, 5) is 0. The van der Waals surface area contributed by atoms with Crippen molar-refractivity contribution in [3.8, 4) is 0 Å². The second-order valence-corrected chi connectivity index (χ2v) is 4.55. The lowest BCUT2D eigenvalue weighted by atomic mass is 10.1. The van der Waals surface area contributed by atoms with E-state index >= 15 is 0 Å². The lowest BCUT2D eigenvalue weighted by Gasteiger charge is -2.21. The molecule has 1 aromatic carbocycles. The van der Waals surface area contributed by atoms with Gasteiger partial charge in [-0.1, -0.05) is 12.1 Å². The molecule has 0 saturated carbocycles. The number of rotatable bonds is 0. The molecule has 0 fully saturated rings. The summed E-state index contributed by atoms with van der Waals surface area (Å²) in [7, 11) is 0. The molecule has 3 rings (SSSR count). The highest BCUT2D eigenvalue weighted by Gasteiger charge is 2.17. The van der Waals surface area contributed by atoms with Crippen LogP contribution in [0.4, 0.5) is 0 Å². The average molecular weight is 200 g/mol.